The summed E-state index contributed by atoms with van der Waals surface area (Å²) in [6, 6.07) is 11.5. The second-order valence-corrected chi connectivity index (χ2v) is 8.83. The van der Waals surface area contributed by atoms with Crippen LogP contribution in [-0.2, 0) is 16.0 Å². The number of benzene rings is 1. The van der Waals surface area contributed by atoms with Gasteiger partial charge in [-0.3, -0.25) is 14.4 Å². The summed E-state index contributed by atoms with van der Waals surface area (Å²) in [6.07, 6.45) is 3.19. The molecule has 146 valence electrons. The van der Waals surface area contributed by atoms with Crippen molar-refractivity contribution in [2.75, 3.05) is 5.32 Å². The number of amides is 2. The summed E-state index contributed by atoms with van der Waals surface area (Å²) in [6.45, 7) is 0. The van der Waals surface area contributed by atoms with Crippen LogP contribution in [0.25, 0.3) is 0 Å². The highest BCUT2D eigenvalue weighted by molar-refractivity contribution is 7.16. The molecule has 1 heterocycles. The molecule has 2 aromatic rings. The van der Waals surface area contributed by atoms with Crippen LogP contribution in [0.2, 0.25) is 0 Å². The molecule has 0 saturated heterocycles. The Morgan fingerprint density at radius 1 is 1.11 bits per heavy atom. The van der Waals surface area contributed by atoms with Crippen LogP contribution < -0.4 is 11.1 Å². The number of carboxylic acids is 1. The van der Waals surface area contributed by atoms with Gasteiger partial charge in [0, 0.05) is 11.3 Å². The van der Waals surface area contributed by atoms with Crippen molar-refractivity contribution >= 4 is 34.1 Å². The zero-order valence-electron chi connectivity index (χ0n) is 15.3. The number of anilines is 1. The number of thiophene rings is 1. The lowest BCUT2D eigenvalue weighted by Crippen LogP contribution is -2.38. The first-order valence-corrected chi connectivity index (χ1v) is 10.3. The van der Waals surface area contributed by atoms with Crippen LogP contribution in [0, 0.1) is 23.7 Å². The molecule has 0 aliphatic heterocycles. The van der Waals surface area contributed by atoms with Gasteiger partial charge in [-0.2, -0.15) is 0 Å². The SMILES string of the molecule is NC(=O)c1cc(Cc2ccccc2)sc1NC(=O)[C@@H]1[C@H]2CC[C@@H](C2)[C@@H]1C(=O)O. The molecule has 2 aliphatic rings. The summed E-state index contributed by atoms with van der Waals surface area (Å²) in [7, 11) is 0. The Morgan fingerprint density at radius 2 is 1.79 bits per heavy atom. The van der Waals surface area contributed by atoms with Crippen molar-refractivity contribution in [3.8, 4) is 0 Å². The summed E-state index contributed by atoms with van der Waals surface area (Å²) >= 11 is 1.32. The van der Waals surface area contributed by atoms with Crippen LogP contribution in [0.4, 0.5) is 5.00 Å². The maximum Gasteiger partial charge on any atom is 0.307 e. The maximum absolute atomic E-state index is 12.9. The van der Waals surface area contributed by atoms with E-state index in [1.165, 1.54) is 11.3 Å². The first kappa shape index (κ1) is 18.7. The summed E-state index contributed by atoms with van der Waals surface area (Å²) in [5.74, 6) is -2.82. The fourth-order valence-corrected chi connectivity index (χ4v) is 5.92. The first-order valence-electron chi connectivity index (χ1n) is 9.44. The van der Waals surface area contributed by atoms with E-state index in [0.717, 1.165) is 29.7 Å². The lowest BCUT2D eigenvalue weighted by Gasteiger charge is -2.26. The summed E-state index contributed by atoms with van der Waals surface area (Å²) in [5.41, 5.74) is 6.88. The molecule has 6 nitrogen and oxygen atoms in total. The molecule has 7 heteroatoms. The van der Waals surface area contributed by atoms with Gasteiger partial charge in [0.05, 0.1) is 17.4 Å². The molecule has 2 saturated carbocycles. The molecular formula is C21H22N2O4S. The van der Waals surface area contributed by atoms with Gasteiger partial charge < -0.3 is 16.2 Å². The third-order valence-corrected chi connectivity index (χ3v) is 7.06. The topological polar surface area (TPSA) is 109 Å². The fourth-order valence-electron chi connectivity index (χ4n) is 4.82. The van der Waals surface area contributed by atoms with Crippen LogP contribution >= 0.6 is 11.3 Å². The van der Waals surface area contributed by atoms with Gasteiger partial charge in [-0.15, -0.1) is 11.3 Å². The van der Waals surface area contributed by atoms with Crippen molar-refractivity contribution in [2.45, 2.75) is 25.7 Å². The van der Waals surface area contributed by atoms with Crippen LogP contribution in [0.15, 0.2) is 36.4 Å². The predicted molar refractivity (Wildman–Crippen MR) is 106 cm³/mol. The number of aliphatic carboxylic acids is 1. The number of carbonyl (C=O) groups is 3. The van der Waals surface area contributed by atoms with Crippen molar-refractivity contribution in [3.05, 3.63) is 52.4 Å². The van der Waals surface area contributed by atoms with E-state index >= 15 is 0 Å². The van der Waals surface area contributed by atoms with Gasteiger partial charge in [-0.05, 0) is 42.7 Å². The quantitative estimate of drug-likeness (QED) is 0.694. The molecule has 2 fully saturated rings. The number of hydrogen-bond donors (Lipinski definition) is 3. The fraction of sp³-hybridized carbons (Fsp3) is 0.381. The Labute approximate surface area is 166 Å². The highest BCUT2D eigenvalue weighted by atomic mass is 32.1. The van der Waals surface area contributed by atoms with Crippen molar-refractivity contribution in [2.24, 2.45) is 29.4 Å². The van der Waals surface area contributed by atoms with Gasteiger partial charge >= 0.3 is 5.97 Å². The zero-order chi connectivity index (χ0) is 19.8. The minimum absolute atomic E-state index is 0.0749. The van der Waals surface area contributed by atoms with Gasteiger partial charge in [0.15, 0.2) is 0 Å². The molecule has 4 N–H and O–H groups in total. The molecular weight excluding hydrogens is 376 g/mol. The minimum Gasteiger partial charge on any atom is -0.481 e. The molecule has 1 aromatic heterocycles. The van der Waals surface area contributed by atoms with Gasteiger partial charge in [0.2, 0.25) is 5.91 Å². The van der Waals surface area contributed by atoms with E-state index in [2.05, 4.69) is 5.32 Å². The van der Waals surface area contributed by atoms with E-state index in [1.54, 1.807) is 6.07 Å². The number of nitrogens with one attached hydrogen (secondary N) is 1. The molecule has 4 rings (SSSR count). The first-order chi connectivity index (χ1) is 13.4. The molecule has 0 spiro atoms. The smallest absolute Gasteiger partial charge is 0.307 e. The summed E-state index contributed by atoms with van der Waals surface area (Å²) in [5, 5.41) is 12.8. The van der Waals surface area contributed by atoms with E-state index in [1.807, 2.05) is 30.3 Å². The van der Waals surface area contributed by atoms with Crippen LogP contribution in [-0.4, -0.2) is 22.9 Å². The molecule has 28 heavy (non-hydrogen) atoms. The average Bonchev–Trinajstić information content (AvgIpc) is 3.36. The van der Waals surface area contributed by atoms with E-state index in [0.29, 0.717) is 11.4 Å². The van der Waals surface area contributed by atoms with E-state index < -0.39 is 23.7 Å². The maximum atomic E-state index is 12.9. The normalized spacial score (nSPS) is 25.6. The highest BCUT2D eigenvalue weighted by Crippen LogP contribution is 2.52. The Hall–Kier alpha value is -2.67. The van der Waals surface area contributed by atoms with Crippen LogP contribution in [0.1, 0.15) is 40.1 Å². The number of fused-ring (bicyclic) bond motifs is 2. The Kier molecular flexibility index (Phi) is 4.93. The Morgan fingerprint density at radius 3 is 2.43 bits per heavy atom. The second-order valence-electron chi connectivity index (χ2n) is 7.69. The minimum atomic E-state index is -0.904. The molecule has 2 bridgehead atoms. The summed E-state index contributed by atoms with van der Waals surface area (Å²) < 4.78 is 0. The summed E-state index contributed by atoms with van der Waals surface area (Å²) in [4.78, 5) is 37.4. The zero-order valence-corrected chi connectivity index (χ0v) is 16.1. The second kappa shape index (κ2) is 7.39. The van der Waals surface area contributed by atoms with Crippen molar-refractivity contribution in [1.29, 1.82) is 0 Å². The Balaban J connectivity index is 1.56. The van der Waals surface area contributed by atoms with Crippen molar-refractivity contribution < 1.29 is 19.5 Å². The number of rotatable bonds is 6. The van der Waals surface area contributed by atoms with E-state index in [4.69, 9.17) is 5.73 Å². The lowest BCUT2D eigenvalue weighted by molar-refractivity contribution is -0.148. The van der Waals surface area contributed by atoms with Gasteiger partial charge in [-0.25, -0.2) is 0 Å². The Bertz CT molecular complexity index is 924. The van der Waals surface area contributed by atoms with Crippen molar-refractivity contribution in [1.82, 2.24) is 0 Å². The third-order valence-electron chi connectivity index (χ3n) is 6.01. The van der Waals surface area contributed by atoms with Gasteiger partial charge in [0.1, 0.15) is 5.00 Å². The van der Waals surface area contributed by atoms with Crippen LogP contribution in [0.3, 0.4) is 0 Å². The molecule has 0 unspecified atom stereocenters. The highest BCUT2D eigenvalue weighted by Gasteiger charge is 2.54. The van der Waals surface area contributed by atoms with E-state index in [-0.39, 0.29) is 23.3 Å². The number of hydrogen-bond acceptors (Lipinski definition) is 4. The van der Waals surface area contributed by atoms with Gasteiger partial charge in [0.25, 0.3) is 5.91 Å². The lowest BCUT2D eigenvalue weighted by atomic mass is 9.79. The third kappa shape index (κ3) is 3.42. The van der Waals surface area contributed by atoms with E-state index in [9.17, 15) is 19.5 Å². The van der Waals surface area contributed by atoms with Crippen LogP contribution in [0.5, 0.6) is 0 Å². The predicted octanol–water partition coefficient (Wildman–Crippen LogP) is 3.12. The largest absolute Gasteiger partial charge is 0.481 e. The monoisotopic (exact) mass is 398 g/mol. The molecule has 0 radical (unpaired) electrons. The molecule has 1 aromatic carbocycles. The van der Waals surface area contributed by atoms with Crippen molar-refractivity contribution in [3.63, 3.8) is 0 Å². The van der Waals surface area contributed by atoms with Gasteiger partial charge in [-0.1, -0.05) is 30.3 Å². The number of carbonyl (C=O) groups excluding carboxylic acids is 2. The molecule has 2 aliphatic carbocycles. The number of carboxylic acid groups (broad SMARTS) is 1. The number of primary amides is 1. The standard InChI is InChI=1S/C21H22N2O4S/c22-18(24)15-10-14(8-11-4-2-1-3-5-11)28-20(15)23-19(25)16-12-6-7-13(9-12)17(16)21(26)27/h1-5,10,12-13,16-17H,6-9H2,(H2,22,24)(H,23,25)(H,26,27)/t12-,13-,16+,17-/m0/s1. The molecule has 4 atom stereocenters. The molecule has 2 amide bonds. The average molecular weight is 398 g/mol. The number of nitrogens with two attached hydrogens (primary N) is 1.